The molecule has 1 N–H and O–H groups in total. The van der Waals surface area contributed by atoms with Crippen LogP contribution in [0.4, 0.5) is 0 Å². The molecule has 0 aromatic carbocycles. The number of aryl methyl sites for hydroxylation is 1. The number of hydrogen-bond donors (Lipinski definition) is 1. The first kappa shape index (κ1) is 13.0. The fourth-order valence-corrected chi connectivity index (χ4v) is 2.08. The smallest absolute Gasteiger partial charge is 0.358 e. The maximum absolute atomic E-state index is 10.6. The molecule has 5 nitrogen and oxygen atoms in total. The Kier molecular flexibility index (Phi) is 4.79. The van der Waals surface area contributed by atoms with Crippen LogP contribution in [-0.4, -0.2) is 37.1 Å². The highest BCUT2D eigenvalue weighted by Crippen LogP contribution is 2.18. The summed E-state index contributed by atoms with van der Waals surface area (Å²) in [5, 5.41) is 16.6. The Morgan fingerprint density at radius 3 is 2.75 bits per heavy atom. The van der Waals surface area contributed by atoms with Gasteiger partial charge in [-0.3, -0.25) is 4.68 Å². The number of rotatable bonds is 6. The molecule has 0 amide bonds. The molecule has 1 heterocycles. The minimum Gasteiger partial charge on any atom is -0.476 e. The fourth-order valence-electron chi connectivity index (χ4n) is 1.03. The van der Waals surface area contributed by atoms with Gasteiger partial charge in [0.25, 0.3) is 0 Å². The highest BCUT2D eigenvalue weighted by molar-refractivity contribution is 7.99. The largest absolute Gasteiger partial charge is 0.476 e. The second-order valence-electron chi connectivity index (χ2n) is 3.99. The van der Waals surface area contributed by atoms with Gasteiger partial charge in [-0.15, -0.1) is 5.10 Å². The molecule has 1 atom stereocenters. The Hall–Kier alpha value is -1.04. The van der Waals surface area contributed by atoms with Crippen molar-refractivity contribution in [1.29, 1.82) is 0 Å². The second-order valence-corrected chi connectivity index (χ2v) is 5.48. The lowest BCUT2D eigenvalue weighted by molar-refractivity contribution is 0.0690. The summed E-state index contributed by atoms with van der Waals surface area (Å²) in [6.45, 7) is 7.27. The maximum Gasteiger partial charge on any atom is 0.358 e. The zero-order valence-corrected chi connectivity index (χ0v) is 10.6. The van der Waals surface area contributed by atoms with E-state index < -0.39 is 5.97 Å². The SMILES string of the molecule is CC(C)C(C)SCCn1cc(C(=O)O)nn1. The van der Waals surface area contributed by atoms with E-state index in [-0.39, 0.29) is 5.69 Å². The van der Waals surface area contributed by atoms with Gasteiger partial charge in [0.1, 0.15) is 0 Å². The van der Waals surface area contributed by atoms with Crippen molar-refractivity contribution < 1.29 is 9.90 Å². The van der Waals surface area contributed by atoms with Crippen molar-refractivity contribution in [2.75, 3.05) is 5.75 Å². The van der Waals surface area contributed by atoms with Gasteiger partial charge in [-0.25, -0.2) is 4.79 Å². The molecule has 0 spiro atoms. The molecule has 0 radical (unpaired) electrons. The number of carbonyl (C=O) groups is 1. The third-order valence-corrected chi connectivity index (χ3v) is 3.89. The number of nitrogens with zero attached hydrogens (tertiary/aromatic N) is 3. The molecule has 1 aromatic heterocycles. The average Bonchev–Trinajstić information content (AvgIpc) is 2.66. The Labute approximate surface area is 99.2 Å². The van der Waals surface area contributed by atoms with E-state index in [0.29, 0.717) is 17.7 Å². The topological polar surface area (TPSA) is 68.0 Å². The standard InChI is InChI=1S/C10H17N3O2S/c1-7(2)8(3)16-5-4-13-6-9(10(14)15)11-12-13/h6-8H,4-5H2,1-3H3,(H,14,15). The highest BCUT2D eigenvalue weighted by Gasteiger charge is 2.09. The van der Waals surface area contributed by atoms with E-state index in [4.69, 9.17) is 5.11 Å². The van der Waals surface area contributed by atoms with Crippen LogP contribution >= 0.6 is 11.8 Å². The van der Waals surface area contributed by atoms with Gasteiger partial charge < -0.3 is 5.11 Å². The van der Waals surface area contributed by atoms with E-state index in [1.165, 1.54) is 6.20 Å². The molecular weight excluding hydrogens is 226 g/mol. The molecule has 0 fully saturated rings. The number of carboxylic acid groups (broad SMARTS) is 1. The van der Waals surface area contributed by atoms with Crippen LogP contribution in [-0.2, 0) is 6.54 Å². The zero-order valence-electron chi connectivity index (χ0n) is 9.75. The third kappa shape index (κ3) is 3.84. The lowest BCUT2D eigenvalue weighted by Crippen LogP contribution is -2.09. The Morgan fingerprint density at radius 2 is 2.25 bits per heavy atom. The summed E-state index contributed by atoms with van der Waals surface area (Å²) in [4.78, 5) is 10.6. The molecule has 90 valence electrons. The predicted molar refractivity (Wildman–Crippen MR) is 63.7 cm³/mol. The molecule has 1 unspecified atom stereocenters. The van der Waals surface area contributed by atoms with Gasteiger partial charge in [0.05, 0.1) is 12.7 Å². The number of hydrogen-bond acceptors (Lipinski definition) is 4. The van der Waals surface area contributed by atoms with Gasteiger partial charge in [-0.1, -0.05) is 26.0 Å². The first-order valence-electron chi connectivity index (χ1n) is 5.25. The van der Waals surface area contributed by atoms with Crippen LogP contribution in [0.1, 0.15) is 31.3 Å². The van der Waals surface area contributed by atoms with E-state index >= 15 is 0 Å². The van der Waals surface area contributed by atoms with E-state index in [1.54, 1.807) is 4.68 Å². The molecule has 6 heteroatoms. The van der Waals surface area contributed by atoms with Crippen LogP contribution in [0.3, 0.4) is 0 Å². The first-order valence-corrected chi connectivity index (χ1v) is 6.30. The third-order valence-electron chi connectivity index (χ3n) is 2.40. The lowest BCUT2D eigenvalue weighted by atomic mass is 10.2. The van der Waals surface area contributed by atoms with Gasteiger partial charge in [0.15, 0.2) is 5.69 Å². The van der Waals surface area contributed by atoms with E-state index in [2.05, 4.69) is 31.1 Å². The number of aromatic carboxylic acids is 1. The second kappa shape index (κ2) is 5.89. The normalized spacial score (nSPS) is 13.0. The summed E-state index contributed by atoms with van der Waals surface area (Å²) >= 11 is 1.86. The van der Waals surface area contributed by atoms with Crippen molar-refractivity contribution in [3.8, 4) is 0 Å². The van der Waals surface area contributed by atoms with Crippen LogP contribution in [0.25, 0.3) is 0 Å². The van der Waals surface area contributed by atoms with Crippen molar-refractivity contribution in [2.45, 2.75) is 32.6 Å². The average molecular weight is 243 g/mol. The van der Waals surface area contributed by atoms with E-state index in [9.17, 15) is 4.79 Å². The van der Waals surface area contributed by atoms with Gasteiger partial charge in [-0.2, -0.15) is 11.8 Å². The summed E-state index contributed by atoms with van der Waals surface area (Å²) in [5.74, 6) is 0.534. The zero-order chi connectivity index (χ0) is 12.1. The predicted octanol–water partition coefficient (Wildman–Crippen LogP) is 1.75. The van der Waals surface area contributed by atoms with Crippen molar-refractivity contribution in [3.05, 3.63) is 11.9 Å². The number of thioether (sulfide) groups is 1. The summed E-state index contributed by atoms with van der Waals surface area (Å²) in [6, 6.07) is 0. The van der Waals surface area contributed by atoms with Crippen LogP contribution < -0.4 is 0 Å². The molecule has 0 aliphatic heterocycles. The summed E-state index contributed by atoms with van der Waals surface area (Å²) in [7, 11) is 0. The molecule has 0 aliphatic carbocycles. The van der Waals surface area contributed by atoms with Crippen molar-refractivity contribution >= 4 is 17.7 Å². The van der Waals surface area contributed by atoms with Gasteiger partial charge in [0.2, 0.25) is 0 Å². The maximum atomic E-state index is 10.6. The Balaban J connectivity index is 2.35. The van der Waals surface area contributed by atoms with Crippen LogP contribution in [0.2, 0.25) is 0 Å². The van der Waals surface area contributed by atoms with Crippen LogP contribution in [0.15, 0.2) is 6.20 Å². The van der Waals surface area contributed by atoms with Gasteiger partial charge in [0, 0.05) is 11.0 Å². The highest BCUT2D eigenvalue weighted by atomic mass is 32.2. The molecule has 1 aromatic rings. The van der Waals surface area contributed by atoms with Gasteiger partial charge in [-0.05, 0) is 5.92 Å². The van der Waals surface area contributed by atoms with E-state index in [0.717, 1.165) is 5.75 Å². The van der Waals surface area contributed by atoms with Crippen molar-refractivity contribution in [2.24, 2.45) is 5.92 Å². The Morgan fingerprint density at radius 1 is 1.56 bits per heavy atom. The summed E-state index contributed by atoms with van der Waals surface area (Å²) < 4.78 is 1.57. The van der Waals surface area contributed by atoms with E-state index in [1.807, 2.05) is 11.8 Å². The van der Waals surface area contributed by atoms with Crippen LogP contribution in [0, 0.1) is 5.92 Å². The summed E-state index contributed by atoms with van der Waals surface area (Å²) in [5.41, 5.74) is 0.00177. The van der Waals surface area contributed by atoms with Gasteiger partial charge >= 0.3 is 5.97 Å². The lowest BCUT2D eigenvalue weighted by Gasteiger charge is -2.14. The molecule has 0 aliphatic rings. The number of aromatic nitrogens is 3. The molecule has 0 bridgehead atoms. The fraction of sp³-hybridized carbons (Fsp3) is 0.700. The first-order chi connectivity index (χ1) is 7.50. The van der Waals surface area contributed by atoms with Crippen LogP contribution in [0.5, 0.6) is 0 Å². The molecule has 16 heavy (non-hydrogen) atoms. The minimum absolute atomic E-state index is 0.00177. The monoisotopic (exact) mass is 243 g/mol. The molecular formula is C10H17N3O2S. The van der Waals surface area contributed by atoms with Crippen molar-refractivity contribution in [3.63, 3.8) is 0 Å². The quantitative estimate of drug-likeness (QED) is 0.824. The van der Waals surface area contributed by atoms with Crippen molar-refractivity contribution in [1.82, 2.24) is 15.0 Å². The summed E-state index contributed by atoms with van der Waals surface area (Å²) in [6.07, 6.45) is 1.46. The Bertz CT molecular complexity index is 352. The molecule has 0 saturated heterocycles. The molecule has 0 saturated carbocycles. The number of carboxylic acids is 1. The molecule has 1 rings (SSSR count). The minimum atomic E-state index is -1.03.